The molecule has 4 radical (unpaired) electrons. The van der Waals surface area contributed by atoms with Gasteiger partial charge in [-0.1, -0.05) is 6.07 Å². The van der Waals surface area contributed by atoms with E-state index < -0.39 is 0 Å². The molecular formula is C5H4Cl2InN-2. The summed E-state index contributed by atoms with van der Waals surface area (Å²) < 4.78 is 0. The van der Waals surface area contributed by atoms with E-state index in [2.05, 4.69) is 11.1 Å². The first-order valence-electron chi connectivity index (χ1n) is 1.76. The van der Waals surface area contributed by atoms with Crippen molar-refractivity contribution in [1.29, 1.82) is 0 Å². The molecule has 0 aliphatic heterocycles. The van der Waals surface area contributed by atoms with Gasteiger partial charge in [0.25, 0.3) is 0 Å². The Kier molecular flexibility index (Phi) is 20.7. The molecule has 1 rings (SSSR count). The normalized spacial score (nSPS) is 5.33. The summed E-state index contributed by atoms with van der Waals surface area (Å²) in [5.41, 5.74) is 0. The van der Waals surface area contributed by atoms with Gasteiger partial charge in [0.05, 0.1) is 0 Å². The zero-order valence-electron chi connectivity index (χ0n) is 4.59. The van der Waals surface area contributed by atoms with Gasteiger partial charge in [-0.15, -0.1) is 0 Å². The average molecular weight is 264 g/mol. The standard InChI is InChI=1S/C5H4N.2ClH.In/c1-2-4-6-5-3-1;;;/h1-2,4-5H;2*1H;/p-2. The molecule has 0 N–H and O–H groups in total. The maximum atomic E-state index is 3.73. The monoisotopic (exact) mass is 263 g/mol. The largest absolute Gasteiger partial charge is 1.00 e. The van der Waals surface area contributed by atoms with Crippen LogP contribution in [0.15, 0.2) is 24.5 Å². The Bertz CT molecular complexity index is 86.9. The van der Waals surface area contributed by atoms with Crippen LogP contribution in [0, 0.1) is 6.07 Å². The first kappa shape index (κ1) is 16.3. The van der Waals surface area contributed by atoms with Crippen molar-refractivity contribution in [2.45, 2.75) is 0 Å². The number of hydrogen-bond donors (Lipinski definition) is 0. The van der Waals surface area contributed by atoms with E-state index in [1.165, 1.54) is 0 Å². The third-order valence-electron chi connectivity index (χ3n) is 0.514. The summed E-state index contributed by atoms with van der Waals surface area (Å²) in [6.07, 6.45) is 3.34. The predicted octanol–water partition coefficient (Wildman–Crippen LogP) is -5.49. The summed E-state index contributed by atoms with van der Waals surface area (Å²) in [7, 11) is 0. The van der Waals surface area contributed by atoms with E-state index in [0.717, 1.165) is 0 Å². The molecule has 4 heteroatoms. The van der Waals surface area contributed by atoms with Crippen molar-refractivity contribution < 1.29 is 24.8 Å². The number of halogens is 2. The van der Waals surface area contributed by atoms with Crippen LogP contribution in [0.4, 0.5) is 0 Å². The number of aromatic nitrogens is 1. The molecule has 0 atom stereocenters. The second-order valence-electron chi connectivity index (χ2n) is 0.953. The first-order valence-corrected chi connectivity index (χ1v) is 1.76. The second-order valence-corrected chi connectivity index (χ2v) is 0.953. The Balaban J connectivity index is -0.000000120. The van der Waals surface area contributed by atoms with Gasteiger partial charge in [0.1, 0.15) is 0 Å². The molecule has 0 fully saturated rings. The van der Waals surface area contributed by atoms with Crippen LogP contribution in [0.5, 0.6) is 0 Å². The van der Waals surface area contributed by atoms with Crippen LogP contribution >= 0.6 is 0 Å². The van der Waals surface area contributed by atoms with Gasteiger partial charge in [-0.25, -0.2) is 0 Å². The molecule has 0 unspecified atom stereocenters. The van der Waals surface area contributed by atoms with Crippen molar-refractivity contribution in [1.82, 2.24) is 4.98 Å². The summed E-state index contributed by atoms with van der Waals surface area (Å²) in [6, 6.07) is 6.43. The predicted molar refractivity (Wildman–Crippen MR) is 28.8 cm³/mol. The minimum atomic E-state index is 0. The van der Waals surface area contributed by atoms with Crippen LogP contribution in [0.25, 0.3) is 0 Å². The van der Waals surface area contributed by atoms with Gasteiger partial charge in [0.2, 0.25) is 0 Å². The van der Waals surface area contributed by atoms with Crippen LogP contribution in [-0.4, -0.2) is 30.8 Å². The molecule has 48 valence electrons. The second kappa shape index (κ2) is 11.4. The number of rotatable bonds is 0. The van der Waals surface area contributed by atoms with Crippen molar-refractivity contribution in [2.75, 3.05) is 0 Å². The molecular weight excluding hydrogens is 260 g/mol. The molecule has 0 saturated heterocycles. The van der Waals surface area contributed by atoms with Crippen molar-refractivity contribution in [2.24, 2.45) is 0 Å². The zero-order chi connectivity index (χ0) is 4.24. The van der Waals surface area contributed by atoms with E-state index in [4.69, 9.17) is 0 Å². The molecule has 0 spiro atoms. The van der Waals surface area contributed by atoms with Crippen LogP contribution in [0.2, 0.25) is 0 Å². The van der Waals surface area contributed by atoms with E-state index >= 15 is 0 Å². The number of pyridine rings is 1. The van der Waals surface area contributed by atoms with Gasteiger partial charge in [-0.2, -0.15) is 0 Å². The molecule has 1 nitrogen and oxygen atoms in total. The topological polar surface area (TPSA) is 12.9 Å². The Morgan fingerprint density at radius 1 is 1.22 bits per heavy atom. The van der Waals surface area contributed by atoms with E-state index in [1.54, 1.807) is 12.4 Å². The smallest absolute Gasteiger partial charge is 0.0346 e. The molecule has 1 heterocycles. The summed E-state index contributed by atoms with van der Waals surface area (Å²) in [5.74, 6) is 0. The summed E-state index contributed by atoms with van der Waals surface area (Å²) in [6.45, 7) is 0. The van der Waals surface area contributed by atoms with Crippen molar-refractivity contribution in [3.05, 3.63) is 30.6 Å². The minimum Gasteiger partial charge on any atom is -1.00 e. The molecule has 0 amide bonds. The van der Waals surface area contributed by atoms with Gasteiger partial charge < -0.3 is 24.8 Å². The van der Waals surface area contributed by atoms with E-state index in [9.17, 15) is 0 Å². The third kappa shape index (κ3) is 8.60. The molecule has 0 aliphatic rings. The van der Waals surface area contributed by atoms with Crippen LogP contribution < -0.4 is 24.8 Å². The van der Waals surface area contributed by atoms with Crippen molar-refractivity contribution in [3.8, 4) is 0 Å². The van der Waals surface area contributed by atoms with Gasteiger partial charge in [-0.3, -0.25) is 4.98 Å². The maximum absolute atomic E-state index is 3.73. The van der Waals surface area contributed by atoms with Crippen molar-refractivity contribution >= 4 is 25.8 Å². The number of hydrogen-bond acceptors (Lipinski definition) is 1. The summed E-state index contributed by atoms with van der Waals surface area (Å²) in [4.78, 5) is 3.73. The van der Waals surface area contributed by atoms with Gasteiger partial charge in [-0.05, 0) is 6.07 Å². The minimum absolute atomic E-state index is 0. The van der Waals surface area contributed by atoms with Crippen LogP contribution in [0.3, 0.4) is 0 Å². The SMILES string of the molecule is [Cl-].[Cl-].[In].[c]1cccnc1. The van der Waals surface area contributed by atoms with E-state index in [1.807, 2.05) is 12.1 Å². The number of nitrogens with zero attached hydrogens (tertiary/aromatic N) is 1. The van der Waals surface area contributed by atoms with Crippen LogP contribution in [-0.2, 0) is 0 Å². The quantitative estimate of drug-likeness (QED) is 0.455. The molecule has 1 aromatic heterocycles. The molecule has 0 bridgehead atoms. The van der Waals surface area contributed by atoms with Gasteiger partial charge >= 0.3 is 0 Å². The maximum Gasteiger partial charge on any atom is 0.0346 e. The third-order valence-corrected chi connectivity index (χ3v) is 0.514. The Morgan fingerprint density at radius 2 is 1.89 bits per heavy atom. The summed E-state index contributed by atoms with van der Waals surface area (Å²) in [5, 5.41) is 0. The van der Waals surface area contributed by atoms with E-state index in [-0.39, 0.29) is 50.7 Å². The molecule has 0 saturated carbocycles. The average Bonchev–Trinajstić information content (AvgIpc) is 1.72. The Labute approximate surface area is 85.9 Å². The molecule has 1 aromatic rings. The fourth-order valence-corrected chi connectivity index (χ4v) is 0.277. The van der Waals surface area contributed by atoms with Crippen molar-refractivity contribution in [3.63, 3.8) is 0 Å². The first-order chi connectivity index (χ1) is 3.00. The molecule has 9 heavy (non-hydrogen) atoms. The Hall–Kier alpha value is 0.600. The van der Waals surface area contributed by atoms with Gasteiger partial charge in [0.15, 0.2) is 0 Å². The zero-order valence-corrected chi connectivity index (χ0v) is 9.40. The van der Waals surface area contributed by atoms with E-state index in [0.29, 0.717) is 0 Å². The van der Waals surface area contributed by atoms with Crippen LogP contribution in [0.1, 0.15) is 0 Å². The summed E-state index contributed by atoms with van der Waals surface area (Å²) >= 11 is 0. The Morgan fingerprint density at radius 3 is 2.00 bits per heavy atom. The molecule has 0 aromatic carbocycles. The van der Waals surface area contributed by atoms with Gasteiger partial charge in [0, 0.05) is 44.3 Å². The molecule has 0 aliphatic carbocycles. The fraction of sp³-hybridized carbons (Fsp3) is 0. The fourth-order valence-electron chi connectivity index (χ4n) is 0.277.